The first-order chi connectivity index (χ1) is 14.1. The normalized spacial score (nSPS) is 24.8. The molecule has 2 atom stereocenters. The summed E-state index contributed by atoms with van der Waals surface area (Å²) in [6, 6.07) is 1.32. The van der Waals surface area contributed by atoms with Crippen LogP contribution in [0.3, 0.4) is 0 Å². The summed E-state index contributed by atoms with van der Waals surface area (Å²) in [6.45, 7) is 5.61. The molecule has 2 aromatic heterocycles. The van der Waals surface area contributed by atoms with Gasteiger partial charge in [-0.1, -0.05) is 5.16 Å². The molecule has 2 unspecified atom stereocenters. The number of aromatic nitrogens is 4. The number of rotatable bonds is 3. The Hall–Kier alpha value is -2.63. The number of aryl methyl sites for hydroxylation is 1. The Labute approximate surface area is 170 Å². The van der Waals surface area contributed by atoms with E-state index in [1.165, 1.54) is 10.6 Å². The Morgan fingerprint density at radius 2 is 2.07 bits per heavy atom. The molecule has 1 saturated heterocycles. The van der Waals surface area contributed by atoms with E-state index in [0.29, 0.717) is 25.6 Å². The van der Waals surface area contributed by atoms with Crippen LogP contribution in [0, 0.1) is 6.92 Å². The Kier molecular flexibility index (Phi) is 4.99. The molecule has 9 nitrogen and oxygen atoms in total. The van der Waals surface area contributed by atoms with Crippen LogP contribution >= 0.6 is 0 Å². The van der Waals surface area contributed by atoms with E-state index in [0.717, 1.165) is 11.8 Å². The molecule has 30 heavy (non-hydrogen) atoms. The highest BCUT2D eigenvalue weighted by Crippen LogP contribution is 2.43. The van der Waals surface area contributed by atoms with Crippen LogP contribution < -0.4 is 15.4 Å². The van der Waals surface area contributed by atoms with Crippen LogP contribution in [0.2, 0.25) is 0 Å². The van der Waals surface area contributed by atoms with Gasteiger partial charge in [-0.05, 0) is 20.3 Å². The van der Waals surface area contributed by atoms with E-state index in [4.69, 9.17) is 9.26 Å². The van der Waals surface area contributed by atoms with E-state index in [2.05, 4.69) is 15.1 Å². The molecule has 0 saturated carbocycles. The summed E-state index contributed by atoms with van der Waals surface area (Å²) in [7, 11) is 0. The van der Waals surface area contributed by atoms with Crippen molar-refractivity contribution in [1.82, 2.24) is 19.7 Å². The van der Waals surface area contributed by atoms with Crippen LogP contribution in [0.4, 0.5) is 24.9 Å². The number of halogens is 3. The van der Waals surface area contributed by atoms with Gasteiger partial charge in [0.2, 0.25) is 11.8 Å². The van der Waals surface area contributed by atoms with Crippen molar-refractivity contribution in [1.29, 1.82) is 0 Å². The van der Waals surface area contributed by atoms with E-state index >= 15 is 0 Å². The van der Waals surface area contributed by atoms with Gasteiger partial charge >= 0.3 is 6.18 Å². The van der Waals surface area contributed by atoms with Crippen molar-refractivity contribution in [3.05, 3.63) is 28.1 Å². The highest BCUT2D eigenvalue weighted by atomic mass is 19.4. The maximum Gasteiger partial charge on any atom is 0.411 e. The lowest BCUT2D eigenvalue weighted by Gasteiger charge is -2.46. The molecule has 1 fully saturated rings. The van der Waals surface area contributed by atoms with E-state index in [1.54, 1.807) is 6.92 Å². The predicted molar refractivity (Wildman–Crippen MR) is 100 cm³/mol. The fourth-order valence-corrected chi connectivity index (χ4v) is 3.88. The van der Waals surface area contributed by atoms with Gasteiger partial charge in [0.1, 0.15) is 11.4 Å². The van der Waals surface area contributed by atoms with Gasteiger partial charge in [-0.3, -0.25) is 9.36 Å². The second-order valence-corrected chi connectivity index (χ2v) is 7.86. The van der Waals surface area contributed by atoms with Crippen molar-refractivity contribution in [3.63, 3.8) is 0 Å². The number of nitrogens with zero attached hydrogens (tertiary/aromatic N) is 6. The van der Waals surface area contributed by atoms with E-state index in [1.807, 2.05) is 11.8 Å². The van der Waals surface area contributed by atoms with Crippen molar-refractivity contribution in [3.8, 4) is 0 Å². The standard InChI is InChI=1S/C18H23F3N6O3/c1-11-10-29-7-6-25(11)14-8-15(28)26-5-4-17(3,18(19,20)21)27(16(26)23-14)9-13-22-12(2)30-24-13/h8,11H,4-7,9-10H2,1-3H3. The van der Waals surface area contributed by atoms with Crippen molar-refractivity contribution >= 4 is 11.8 Å². The van der Waals surface area contributed by atoms with Crippen molar-refractivity contribution in [2.24, 2.45) is 0 Å². The minimum absolute atomic E-state index is 0.0512. The molecule has 2 aliphatic rings. The highest BCUT2D eigenvalue weighted by Gasteiger charge is 2.57. The van der Waals surface area contributed by atoms with Crippen molar-refractivity contribution in [2.45, 2.75) is 58.0 Å². The van der Waals surface area contributed by atoms with Gasteiger partial charge in [-0.25, -0.2) is 0 Å². The van der Waals surface area contributed by atoms with Gasteiger partial charge in [0, 0.05) is 26.1 Å². The van der Waals surface area contributed by atoms with E-state index < -0.39 is 17.3 Å². The van der Waals surface area contributed by atoms with E-state index in [-0.39, 0.29) is 43.2 Å². The zero-order chi connectivity index (χ0) is 21.7. The third kappa shape index (κ3) is 3.42. The molecule has 0 amide bonds. The molecule has 4 rings (SSSR count). The first-order valence-electron chi connectivity index (χ1n) is 9.70. The molecule has 12 heteroatoms. The molecule has 0 radical (unpaired) electrons. The lowest BCUT2D eigenvalue weighted by molar-refractivity contribution is -0.187. The molecule has 164 valence electrons. The smallest absolute Gasteiger partial charge is 0.377 e. The first-order valence-corrected chi connectivity index (χ1v) is 9.70. The number of hydrogen-bond donors (Lipinski definition) is 0. The molecule has 4 heterocycles. The number of hydrogen-bond acceptors (Lipinski definition) is 8. The molecule has 0 aromatic carbocycles. The van der Waals surface area contributed by atoms with Crippen molar-refractivity contribution < 1.29 is 22.4 Å². The molecular weight excluding hydrogens is 405 g/mol. The molecule has 0 spiro atoms. The zero-order valence-corrected chi connectivity index (χ0v) is 16.9. The number of morpholine rings is 1. The van der Waals surface area contributed by atoms with Crippen LogP contribution in [0.5, 0.6) is 0 Å². The number of fused-ring (bicyclic) bond motifs is 1. The third-order valence-electron chi connectivity index (χ3n) is 5.78. The van der Waals surface area contributed by atoms with Crippen LogP contribution in [-0.4, -0.2) is 57.2 Å². The van der Waals surface area contributed by atoms with Crippen molar-refractivity contribution in [2.75, 3.05) is 29.6 Å². The summed E-state index contributed by atoms with van der Waals surface area (Å²) in [4.78, 5) is 24.3. The van der Waals surface area contributed by atoms with Gasteiger partial charge in [-0.2, -0.15) is 23.1 Å². The summed E-state index contributed by atoms with van der Waals surface area (Å²) in [5.41, 5.74) is -2.64. The molecule has 0 bridgehead atoms. The fraction of sp³-hybridized carbons (Fsp3) is 0.667. The van der Waals surface area contributed by atoms with Gasteiger partial charge in [0.25, 0.3) is 5.56 Å². The summed E-state index contributed by atoms with van der Waals surface area (Å²) in [5, 5.41) is 3.74. The minimum atomic E-state index is -4.56. The third-order valence-corrected chi connectivity index (χ3v) is 5.78. The largest absolute Gasteiger partial charge is 0.411 e. The second-order valence-electron chi connectivity index (χ2n) is 7.86. The number of ether oxygens (including phenoxy) is 1. The first kappa shape index (κ1) is 20.6. The maximum absolute atomic E-state index is 14.1. The van der Waals surface area contributed by atoms with Gasteiger partial charge in [-0.15, -0.1) is 0 Å². The molecular formula is C18H23F3N6O3. The number of anilines is 2. The van der Waals surface area contributed by atoms with Crippen LogP contribution in [-0.2, 0) is 17.8 Å². The van der Waals surface area contributed by atoms with Gasteiger partial charge in [0.05, 0.1) is 25.8 Å². The van der Waals surface area contributed by atoms with E-state index in [9.17, 15) is 18.0 Å². The minimum Gasteiger partial charge on any atom is -0.377 e. The van der Waals surface area contributed by atoms with Crippen LogP contribution in [0.1, 0.15) is 32.0 Å². The Morgan fingerprint density at radius 3 is 2.70 bits per heavy atom. The Balaban J connectivity index is 1.83. The average molecular weight is 428 g/mol. The van der Waals surface area contributed by atoms with Gasteiger partial charge in [0.15, 0.2) is 5.82 Å². The predicted octanol–water partition coefficient (Wildman–Crippen LogP) is 1.89. The SMILES string of the molecule is Cc1nc(CN2c3nc(N4CCOCC4C)cc(=O)n3CCC2(C)C(F)(F)F)no1. The molecule has 2 aliphatic heterocycles. The Morgan fingerprint density at radius 1 is 1.30 bits per heavy atom. The topological polar surface area (TPSA) is 89.5 Å². The summed E-state index contributed by atoms with van der Waals surface area (Å²) >= 11 is 0. The molecule has 0 aliphatic carbocycles. The van der Waals surface area contributed by atoms with Crippen LogP contribution in [0.15, 0.2) is 15.4 Å². The van der Waals surface area contributed by atoms with Crippen LogP contribution in [0.25, 0.3) is 0 Å². The summed E-state index contributed by atoms with van der Waals surface area (Å²) < 4.78 is 54.1. The molecule has 0 N–H and O–H groups in total. The number of alkyl halides is 3. The summed E-state index contributed by atoms with van der Waals surface area (Å²) in [6.07, 6.45) is -4.85. The molecule has 2 aromatic rings. The van der Waals surface area contributed by atoms with Gasteiger partial charge < -0.3 is 19.1 Å². The lowest BCUT2D eigenvalue weighted by atomic mass is 9.92. The lowest BCUT2D eigenvalue weighted by Crippen LogP contribution is -2.61. The fourth-order valence-electron chi connectivity index (χ4n) is 3.88. The highest BCUT2D eigenvalue weighted by molar-refractivity contribution is 5.49. The Bertz CT molecular complexity index is 990. The monoisotopic (exact) mass is 428 g/mol. The quantitative estimate of drug-likeness (QED) is 0.732. The zero-order valence-electron chi connectivity index (χ0n) is 16.9. The maximum atomic E-state index is 14.1. The summed E-state index contributed by atoms with van der Waals surface area (Å²) in [5.74, 6) is 0.625. The average Bonchev–Trinajstić information content (AvgIpc) is 3.08. The second kappa shape index (κ2) is 7.25.